The Morgan fingerprint density at radius 2 is 1.58 bits per heavy atom. The van der Waals surface area contributed by atoms with Crippen molar-refractivity contribution in [2.45, 2.75) is 13.5 Å². The maximum Gasteiger partial charge on any atom is 0.278 e. The highest BCUT2D eigenvalue weighted by atomic mass is 16.2. The van der Waals surface area contributed by atoms with Crippen LogP contribution in [0.15, 0.2) is 73.1 Å². The molecule has 0 N–H and O–H groups in total. The van der Waals surface area contributed by atoms with Crippen LogP contribution in [-0.4, -0.2) is 29.5 Å². The van der Waals surface area contributed by atoms with Crippen molar-refractivity contribution in [3.63, 3.8) is 0 Å². The average molecular weight is 346 g/mol. The third kappa shape index (κ3) is 4.06. The molecule has 0 spiro atoms. The fourth-order valence-corrected chi connectivity index (χ4v) is 2.69. The van der Waals surface area contributed by atoms with Crippen molar-refractivity contribution in [1.29, 1.82) is 0 Å². The van der Waals surface area contributed by atoms with Crippen LogP contribution in [0.3, 0.4) is 0 Å². The molecule has 0 aliphatic rings. The van der Waals surface area contributed by atoms with E-state index in [-0.39, 0.29) is 5.91 Å². The van der Waals surface area contributed by atoms with Crippen LogP contribution in [0.2, 0.25) is 0 Å². The van der Waals surface area contributed by atoms with Gasteiger partial charge in [0.15, 0.2) is 0 Å². The van der Waals surface area contributed by atoms with E-state index in [1.54, 1.807) is 24.3 Å². The van der Waals surface area contributed by atoms with Crippen LogP contribution in [0, 0.1) is 0 Å². The highest BCUT2D eigenvalue weighted by molar-refractivity contribution is 6.04. The molecule has 1 aromatic heterocycles. The van der Waals surface area contributed by atoms with Crippen molar-refractivity contribution in [3.05, 3.63) is 84.3 Å². The minimum Gasteiger partial charge on any atom is -0.351 e. The first kappa shape index (κ1) is 17.6. The van der Waals surface area contributed by atoms with Gasteiger partial charge in [0.25, 0.3) is 5.91 Å². The zero-order valence-corrected chi connectivity index (χ0v) is 15.0. The van der Waals surface area contributed by atoms with Crippen molar-refractivity contribution in [3.8, 4) is 0 Å². The number of benzene rings is 2. The molecule has 132 valence electrons. The molecule has 2 aromatic carbocycles. The van der Waals surface area contributed by atoms with Gasteiger partial charge in [-0.1, -0.05) is 48.5 Å². The molecule has 0 saturated carbocycles. The normalized spacial score (nSPS) is 10.4. The van der Waals surface area contributed by atoms with Gasteiger partial charge in [0.2, 0.25) is 0 Å². The smallest absolute Gasteiger partial charge is 0.278 e. The van der Waals surface area contributed by atoms with Crippen LogP contribution in [0.5, 0.6) is 0 Å². The predicted octanol–water partition coefficient (Wildman–Crippen LogP) is 3.78. The second-order valence-electron chi connectivity index (χ2n) is 5.96. The van der Waals surface area contributed by atoms with E-state index in [1.165, 1.54) is 5.56 Å². The van der Waals surface area contributed by atoms with Gasteiger partial charge in [-0.15, -0.1) is 0 Å². The standard InChI is InChI=1S/C21H22N4O/c1-3-25(16-17-10-6-4-7-11-17)20-15-22-19(14-23-20)21(26)24(2)18-12-8-5-9-13-18/h4-15H,3,16H2,1-2H3. The van der Waals surface area contributed by atoms with E-state index in [0.717, 1.165) is 24.6 Å². The van der Waals surface area contributed by atoms with E-state index in [4.69, 9.17) is 0 Å². The number of aromatic nitrogens is 2. The highest BCUT2D eigenvalue weighted by Crippen LogP contribution is 2.16. The molecular weight excluding hydrogens is 324 g/mol. The Bertz CT molecular complexity index is 835. The summed E-state index contributed by atoms with van der Waals surface area (Å²) >= 11 is 0. The van der Waals surface area contributed by atoms with Gasteiger partial charge in [-0.25, -0.2) is 9.97 Å². The largest absolute Gasteiger partial charge is 0.351 e. The van der Waals surface area contributed by atoms with Gasteiger partial charge in [-0.05, 0) is 24.6 Å². The lowest BCUT2D eigenvalue weighted by Crippen LogP contribution is -2.28. The number of hydrogen-bond acceptors (Lipinski definition) is 4. The number of anilines is 2. The number of carbonyl (C=O) groups excluding carboxylic acids is 1. The number of hydrogen-bond donors (Lipinski definition) is 0. The van der Waals surface area contributed by atoms with E-state index < -0.39 is 0 Å². The summed E-state index contributed by atoms with van der Waals surface area (Å²) < 4.78 is 0. The summed E-state index contributed by atoms with van der Waals surface area (Å²) in [5.41, 5.74) is 2.36. The molecule has 5 nitrogen and oxygen atoms in total. The van der Waals surface area contributed by atoms with Gasteiger partial charge in [-0.2, -0.15) is 0 Å². The van der Waals surface area contributed by atoms with E-state index in [9.17, 15) is 4.79 Å². The van der Waals surface area contributed by atoms with Crippen LogP contribution in [0.1, 0.15) is 23.0 Å². The molecular formula is C21H22N4O. The van der Waals surface area contributed by atoms with Gasteiger partial charge in [0.1, 0.15) is 11.5 Å². The van der Waals surface area contributed by atoms with Crippen LogP contribution >= 0.6 is 0 Å². The Hall–Kier alpha value is -3.21. The Kier molecular flexibility index (Phi) is 5.59. The molecule has 1 heterocycles. The molecule has 0 unspecified atom stereocenters. The summed E-state index contributed by atoms with van der Waals surface area (Å²) in [5, 5.41) is 0. The Morgan fingerprint density at radius 1 is 0.923 bits per heavy atom. The van der Waals surface area contributed by atoms with E-state index >= 15 is 0 Å². The molecule has 0 aliphatic carbocycles. The topological polar surface area (TPSA) is 49.3 Å². The van der Waals surface area contributed by atoms with Crippen LogP contribution in [0.25, 0.3) is 0 Å². The van der Waals surface area contributed by atoms with Crippen molar-refractivity contribution < 1.29 is 4.79 Å². The monoisotopic (exact) mass is 346 g/mol. The molecule has 0 radical (unpaired) electrons. The minimum atomic E-state index is -0.179. The quantitative estimate of drug-likeness (QED) is 0.681. The Morgan fingerprint density at radius 3 is 2.15 bits per heavy atom. The lowest BCUT2D eigenvalue weighted by atomic mass is 10.2. The molecule has 0 saturated heterocycles. The molecule has 0 fully saturated rings. The number of nitrogens with zero attached hydrogens (tertiary/aromatic N) is 4. The maximum absolute atomic E-state index is 12.6. The summed E-state index contributed by atoms with van der Waals surface area (Å²) in [6.45, 7) is 3.64. The summed E-state index contributed by atoms with van der Waals surface area (Å²) in [5.74, 6) is 0.580. The molecule has 3 rings (SSSR count). The van der Waals surface area contributed by atoms with Crippen LogP contribution in [0.4, 0.5) is 11.5 Å². The summed E-state index contributed by atoms with van der Waals surface area (Å²) in [4.78, 5) is 25.1. The van der Waals surface area contributed by atoms with Gasteiger partial charge in [0, 0.05) is 25.8 Å². The van der Waals surface area contributed by atoms with Crippen molar-refractivity contribution >= 4 is 17.4 Å². The molecule has 0 atom stereocenters. The third-order valence-corrected chi connectivity index (χ3v) is 4.23. The highest BCUT2D eigenvalue weighted by Gasteiger charge is 2.16. The first-order chi connectivity index (χ1) is 12.7. The van der Waals surface area contributed by atoms with Gasteiger partial charge in [0.05, 0.1) is 12.4 Å². The lowest BCUT2D eigenvalue weighted by Gasteiger charge is -2.22. The number of rotatable bonds is 6. The molecule has 0 bridgehead atoms. The molecule has 0 aliphatic heterocycles. The van der Waals surface area contributed by atoms with Crippen molar-refractivity contribution in [2.24, 2.45) is 0 Å². The minimum absolute atomic E-state index is 0.179. The Balaban J connectivity index is 1.73. The van der Waals surface area contributed by atoms with E-state index in [2.05, 4.69) is 33.9 Å². The SMILES string of the molecule is CCN(Cc1ccccc1)c1cnc(C(=O)N(C)c2ccccc2)cn1. The van der Waals surface area contributed by atoms with Gasteiger partial charge < -0.3 is 9.80 Å². The molecule has 1 amide bonds. The van der Waals surface area contributed by atoms with Crippen molar-refractivity contribution in [1.82, 2.24) is 9.97 Å². The lowest BCUT2D eigenvalue weighted by molar-refractivity contribution is 0.0988. The number of para-hydroxylation sites is 1. The van der Waals surface area contributed by atoms with E-state index in [0.29, 0.717) is 5.69 Å². The van der Waals surface area contributed by atoms with Crippen LogP contribution in [-0.2, 0) is 6.54 Å². The van der Waals surface area contributed by atoms with Crippen molar-refractivity contribution in [2.75, 3.05) is 23.4 Å². The fraction of sp³-hybridized carbons (Fsp3) is 0.190. The zero-order chi connectivity index (χ0) is 18.4. The number of amides is 1. The summed E-state index contributed by atoms with van der Waals surface area (Å²) in [6.07, 6.45) is 3.21. The van der Waals surface area contributed by atoms with Crippen LogP contribution < -0.4 is 9.80 Å². The first-order valence-electron chi connectivity index (χ1n) is 8.63. The van der Waals surface area contributed by atoms with E-state index in [1.807, 2.05) is 48.5 Å². The summed E-state index contributed by atoms with van der Waals surface area (Å²) in [6, 6.07) is 19.7. The Labute approximate surface area is 153 Å². The molecule has 3 aromatic rings. The predicted molar refractivity (Wildman–Crippen MR) is 104 cm³/mol. The summed E-state index contributed by atoms with van der Waals surface area (Å²) in [7, 11) is 1.74. The third-order valence-electron chi connectivity index (χ3n) is 4.23. The second kappa shape index (κ2) is 8.25. The molecule has 5 heteroatoms. The fourth-order valence-electron chi connectivity index (χ4n) is 2.69. The van der Waals surface area contributed by atoms with Gasteiger partial charge >= 0.3 is 0 Å². The van der Waals surface area contributed by atoms with Gasteiger partial charge in [-0.3, -0.25) is 4.79 Å². The first-order valence-corrected chi connectivity index (χ1v) is 8.63. The number of carbonyl (C=O) groups is 1. The zero-order valence-electron chi connectivity index (χ0n) is 15.0. The maximum atomic E-state index is 12.6. The average Bonchev–Trinajstić information content (AvgIpc) is 2.72. The second-order valence-corrected chi connectivity index (χ2v) is 5.96. The molecule has 26 heavy (non-hydrogen) atoms.